The first kappa shape index (κ1) is 14.0. The Kier molecular flexibility index (Phi) is 3.64. The lowest BCUT2D eigenvalue weighted by molar-refractivity contribution is 0.0769. The topological polar surface area (TPSA) is 108 Å². The number of thiazole rings is 1. The first-order valence-electron chi connectivity index (χ1n) is 6.72. The predicted molar refractivity (Wildman–Crippen MR) is 79.0 cm³/mol. The molecule has 21 heavy (non-hydrogen) atoms. The highest BCUT2D eigenvalue weighted by Gasteiger charge is 2.35. The van der Waals surface area contributed by atoms with E-state index in [1.165, 1.54) is 17.5 Å². The number of carbonyl (C=O) groups is 1. The number of nitrogens with two attached hydrogens (primary N) is 1. The van der Waals surface area contributed by atoms with Crippen molar-refractivity contribution < 1.29 is 9.90 Å². The number of hydrogen-bond donors (Lipinski definition) is 3. The number of nitrogen functional groups attached to an aromatic ring is 1. The number of likely N-dealkylation sites (tertiary alicyclic amines) is 1. The molecule has 7 nitrogen and oxygen atoms in total. The van der Waals surface area contributed by atoms with E-state index >= 15 is 0 Å². The Morgan fingerprint density at radius 2 is 2.43 bits per heavy atom. The minimum atomic E-state index is -0.531. The number of nitrogens with one attached hydrogen (secondary N) is 1. The maximum Gasteiger partial charge on any atom is 0.265 e. The van der Waals surface area contributed by atoms with Gasteiger partial charge in [-0.05, 0) is 19.4 Å². The summed E-state index contributed by atoms with van der Waals surface area (Å²) >= 11 is 1.17. The average Bonchev–Trinajstić information content (AvgIpc) is 3.12. The maximum absolute atomic E-state index is 12.3. The van der Waals surface area contributed by atoms with Crippen molar-refractivity contribution in [2.45, 2.75) is 19.4 Å². The van der Waals surface area contributed by atoms with Gasteiger partial charge < -0.3 is 15.7 Å². The van der Waals surface area contributed by atoms with Gasteiger partial charge in [0.25, 0.3) is 5.91 Å². The highest BCUT2D eigenvalue weighted by atomic mass is 32.1. The van der Waals surface area contributed by atoms with E-state index in [0.29, 0.717) is 29.5 Å². The third-order valence-corrected chi connectivity index (χ3v) is 4.47. The number of nitrogens with zero attached hydrogens (tertiary/aromatic N) is 3. The second-order valence-corrected chi connectivity index (χ2v) is 6.41. The van der Waals surface area contributed by atoms with Gasteiger partial charge in [-0.3, -0.25) is 9.89 Å². The van der Waals surface area contributed by atoms with Crippen molar-refractivity contribution in [3.8, 4) is 0 Å². The molecule has 2 aromatic rings. The van der Waals surface area contributed by atoms with Crippen LogP contribution in [0.3, 0.4) is 0 Å². The molecule has 0 aliphatic carbocycles. The summed E-state index contributed by atoms with van der Waals surface area (Å²) in [5.41, 5.74) is 7.45. The van der Waals surface area contributed by atoms with Crippen LogP contribution in [0.4, 0.5) is 5.13 Å². The number of aryl methyl sites for hydroxylation is 1. The second-order valence-electron chi connectivity index (χ2n) is 5.35. The quantitative estimate of drug-likeness (QED) is 0.762. The molecule has 0 aromatic carbocycles. The van der Waals surface area contributed by atoms with E-state index in [0.717, 1.165) is 11.4 Å². The van der Waals surface area contributed by atoms with Gasteiger partial charge in [0, 0.05) is 24.7 Å². The van der Waals surface area contributed by atoms with Gasteiger partial charge in [-0.25, -0.2) is 4.98 Å². The molecule has 1 saturated heterocycles. The number of aliphatic hydroxyl groups excluding tert-OH is 1. The Morgan fingerprint density at radius 3 is 3.05 bits per heavy atom. The monoisotopic (exact) mass is 307 g/mol. The van der Waals surface area contributed by atoms with Crippen LogP contribution in [0.15, 0.2) is 12.3 Å². The zero-order valence-electron chi connectivity index (χ0n) is 11.6. The normalized spacial score (nSPS) is 21.9. The molecule has 2 aromatic heterocycles. The van der Waals surface area contributed by atoms with Crippen molar-refractivity contribution >= 4 is 22.4 Å². The number of anilines is 1. The van der Waals surface area contributed by atoms with Gasteiger partial charge in [0.1, 0.15) is 4.88 Å². The first-order chi connectivity index (χ1) is 10.0. The van der Waals surface area contributed by atoms with Crippen LogP contribution in [0.5, 0.6) is 0 Å². The van der Waals surface area contributed by atoms with Crippen molar-refractivity contribution in [1.82, 2.24) is 20.1 Å². The number of aromatic amines is 1. The second kappa shape index (κ2) is 5.45. The molecular formula is C13H17N5O2S. The number of β-amino-alcohol motifs (C(OH)–C–C–N with tert-alkyl or cyclic N) is 1. The minimum absolute atomic E-state index is 0.00178. The number of aliphatic hydroxyl groups is 1. The smallest absolute Gasteiger partial charge is 0.265 e. The van der Waals surface area contributed by atoms with Crippen molar-refractivity contribution in [3.05, 3.63) is 28.5 Å². The largest absolute Gasteiger partial charge is 0.391 e. The Labute approximate surface area is 125 Å². The fourth-order valence-corrected chi connectivity index (χ4v) is 3.26. The van der Waals surface area contributed by atoms with Crippen molar-refractivity contribution in [2.75, 3.05) is 18.8 Å². The van der Waals surface area contributed by atoms with Gasteiger partial charge in [0.15, 0.2) is 5.13 Å². The Bertz CT molecular complexity index is 653. The van der Waals surface area contributed by atoms with Gasteiger partial charge in [0.2, 0.25) is 0 Å². The molecule has 8 heteroatoms. The van der Waals surface area contributed by atoms with E-state index in [9.17, 15) is 9.90 Å². The summed E-state index contributed by atoms with van der Waals surface area (Å²) in [7, 11) is 0. The van der Waals surface area contributed by atoms with E-state index in [2.05, 4.69) is 15.2 Å². The molecule has 0 unspecified atom stereocenters. The molecule has 3 heterocycles. The van der Waals surface area contributed by atoms with Crippen molar-refractivity contribution in [1.29, 1.82) is 0 Å². The SMILES string of the molecule is Cc1cc(C[C@@H]2CN(C(=O)c3cnc(N)s3)C[C@H]2O)n[nH]1. The lowest BCUT2D eigenvalue weighted by Crippen LogP contribution is -2.28. The van der Waals surface area contributed by atoms with Crippen LogP contribution in [-0.2, 0) is 6.42 Å². The number of amides is 1. The molecule has 3 rings (SSSR count). The average molecular weight is 307 g/mol. The third-order valence-electron chi connectivity index (χ3n) is 3.66. The van der Waals surface area contributed by atoms with Gasteiger partial charge in [-0.1, -0.05) is 11.3 Å². The predicted octanol–water partition coefficient (Wildman–Crippen LogP) is 0.432. The molecule has 0 saturated carbocycles. The standard InChI is InChI=1S/C13H17N5O2S/c1-7-2-9(17-16-7)3-8-5-18(6-10(8)19)12(20)11-4-15-13(14)21-11/h2,4,8,10,19H,3,5-6H2,1H3,(H2,14,15)(H,16,17)/t8-,10-/m1/s1. The van der Waals surface area contributed by atoms with Crippen molar-refractivity contribution in [3.63, 3.8) is 0 Å². The van der Waals surface area contributed by atoms with Gasteiger partial charge >= 0.3 is 0 Å². The Hall–Kier alpha value is -1.93. The van der Waals surface area contributed by atoms with Crippen LogP contribution in [0.2, 0.25) is 0 Å². The summed E-state index contributed by atoms with van der Waals surface area (Å²) < 4.78 is 0. The molecule has 2 atom stereocenters. The van der Waals surface area contributed by atoms with Crippen LogP contribution in [0.25, 0.3) is 0 Å². The number of rotatable bonds is 3. The first-order valence-corrected chi connectivity index (χ1v) is 7.54. The molecule has 1 amide bonds. The van der Waals surface area contributed by atoms with Gasteiger partial charge in [0.05, 0.1) is 18.0 Å². The van der Waals surface area contributed by atoms with Crippen LogP contribution < -0.4 is 5.73 Å². The Balaban J connectivity index is 1.66. The van der Waals surface area contributed by atoms with E-state index in [1.807, 2.05) is 13.0 Å². The molecule has 4 N–H and O–H groups in total. The summed E-state index contributed by atoms with van der Waals surface area (Å²) in [6, 6.07) is 1.96. The lowest BCUT2D eigenvalue weighted by Gasteiger charge is -2.14. The maximum atomic E-state index is 12.3. The number of carbonyl (C=O) groups excluding carboxylic acids is 1. The minimum Gasteiger partial charge on any atom is -0.391 e. The molecule has 1 fully saturated rings. The zero-order valence-corrected chi connectivity index (χ0v) is 12.4. The summed E-state index contributed by atoms with van der Waals surface area (Å²) in [6.07, 6.45) is 1.61. The molecule has 0 spiro atoms. The van der Waals surface area contributed by atoms with Crippen LogP contribution in [-0.4, -0.2) is 50.3 Å². The van der Waals surface area contributed by atoms with Crippen LogP contribution >= 0.6 is 11.3 Å². The number of H-pyrrole nitrogens is 1. The Morgan fingerprint density at radius 1 is 1.62 bits per heavy atom. The van der Waals surface area contributed by atoms with Gasteiger partial charge in [-0.2, -0.15) is 5.10 Å². The van der Waals surface area contributed by atoms with E-state index in [1.54, 1.807) is 4.90 Å². The third kappa shape index (κ3) is 2.91. The highest BCUT2D eigenvalue weighted by molar-refractivity contribution is 7.17. The summed E-state index contributed by atoms with van der Waals surface area (Å²) in [6.45, 7) is 2.79. The van der Waals surface area contributed by atoms with Gasteiger partial charge in [-0.15, -0.1) is 0 Å². The highest BCUT2D eigenvalue weighted by Crippen LogP contribution is 2.24. The molecule has 1 aliphatic heterocycles. The summed E-state index contributed by atoms with van der Waals surface area (Å²) in [5, 5.41) is 17.6. The number of hydrogen-bond acceptors (Lipinski definition) is 6. The van der Waals surface area contributed by atoms with E-state index < -0.39 is 6.10 Å². The number of aromatic nitrogens is 3. The van der Waals surface area contributed by atoms with E-state index in [4.69, 9.17) is 5.73 Å². The van der Waals surface area contributed by atoms with Crippen molar-refractivity contribution in [2.24, 2.45) is 5.92 Å². The fourth-order valence-electron chi connectivity index (χ4n) is 2.61. The van der Waals surface area contributed by atoms with Crippen LogP contribution in [0.1, 0.15) is 21.1 Å². The fraction of sp³-hybridized carbons (Fsp3) is 0.462. The molecule has 1 aliphatic rings. The molecule has 0 radical (unpaired) electrons. The summed E-state index contributed by atoms with van der Waals surface area (Å²) in [5.74, 6) is -0.120. The molecular weight excluding hydrogens is 290 g/mol. The van der Waals surface area contributed by atoms with E-state index in [-0.39, 0.29) is 11.8 Å². The zero-order chi connectivity index (χ0) is 15.0. The van der Waals surface area contributed by atoms with Crippen LogP contribution in [0, 0.1) is 12.8 Å². The molecule has 112 valence electrons. The summed E-state index contributed by atoms with van der Waals surface area (Å²) in [4.78, 5) is 18.4. The molecule has 0 bridgehead atoms. The lowest BCUT2D eigenvalue weighted by atomic mass is 10.0.